The molecule has 0 aromatic heterocycles. The molecule has 1 nitrogen and oxygen atoms in total. The van der Waals surface area contributed by atoms with Crippen LogP contribution in [0, 0.1) is 17.7 Å². The molecular weight excluding hydrogens is 208 g/mol. The van der Waals surface area contributed by atoms with Gasteiger partial charge in [-0.25, -0.2) is 8.78 Å². The molecule has 0 fully saturated rings. The topological polar surface area (TPSA) is 12.0 Å². The van der Waals surface area contributed by atoms with E-state index in [0.29, 0.717) is 5.56 Å². The molecule has 0 saturated heterocycles. The largest absolute Gasteiger partial charge is 0.381 e. The molecule has 3 heteroatoms. The van der Waals surface area contributed by atoms with Crippen molar-refractivity contribution in [3.05, 3.63) is 65.7 Å². The fourth-order valence-corrected chi connectivity index (χ4v) is 1.39. The molecule has 1 radical (unpaired) electrons. The molecule has 0 spiro atoms. The van der Waals surface area contributed by atoms with Gasteiger partial charge in [0, 0.05) is 17.8 Å². The van der Waals surface area contributed by atoms with Gasteiger partial charge in [-0.3, -0.25) is 0 Å². The van der Waals surface area contributed by atoms with Crippen LogP contribution in [-0.4, -0.2) is 0 Å². The molecule has 0 aliphatic rings. The Morgan fingerprint density at radius 2 is 1.81 bits per heavy atom. The number of rotatable bonds is 3. The maximum Gasteiger partial charge on any atom is 0.163 e. The van der Waals surface area contributed by atoms with Gasteiger partial charge in [-0.1, -0.05) is 24.3 Å². The number of benzene rings is 2. The second-order valence-corrected chi connectivity index (χ2v) is 3.36. The van der Waals surface area contributed by atoms with Gasteiger partial charge >= 0.3 is 0 Å². The van der Waals surface area contributed by atoms with E-state index in [1.165, 1.54) is 6.07 Å². The lowest BCUT2D eigenvalue weighted by molar-refractivity contribution is 0.500. The number of anilines is 1. The van der Waals surface area contributed by atoms with Crippen molar-refractivity contribution < 1.29 is 8.78 Å². The first kappa shape index (κ1) is 10.6. The van der Waals surface area contributed by atoms with Crippen LogP contribution in [0.2, 0.25) is 0 Å². The van der Waals surface area contributed by atoms with Gasteiger partial charge in [-0.15, -0.1) is 0 Å². The fourth-order valence-electron chi connectivity index (χ4n) is 1.39. The Bertz CT molecular complexity index is 469. The predicted octanol–water partition coefficient (Wildman–Crippen LogP) is 3.38. The monoisotopic (exact) mass is 218 g/mol. The van der Waals surface area contributed by atoms with E-state index in [9.17, 15) is 8.78 Å². The zero-order chi connectivity index (χ0) is 11.4. The summed E-state index contributed by atoms with van der Waals surface area (Å²) in [6.45, 7) is 0.258. The van der Waals surface area contributed by atoms with Gasteiger partial charge in [0.05, 0.1) is 0 Å². The molecule has 0 aliphatic carbocycles. The first-order valence-corrected chi connectivity index (χ1v) is 4.90. The molecule has 16 heavy (non-hydrogen) atoms. The van der Waals surface area contributed by atoms with E-state index in [-0.39, 0.29) is 6.54 Å². The van der Waals surface area contributed by atoms with Crippen molar-refractivity contribution in [1.29, 1.82) is 0 Å². The summed E-state index contributed by atoms with van der Waals surface area (Å²) in [7, 11) is 0. The zero-order valence-electron chi connectivity index (χ0n) is 8.50. The average Bonchev–Trinajstić information content (AvgIpc) is 2.32. The van der Waals surface area contributed by atoms with Crippen molar-refractivity contribution in [2.45, 2.75) is 6.54 Å². The van der Waals surface area contributed by atoms with Crippen molar-refractivity contribution in [1.82, 2.24) is 0 Å². The van der Waals surface area contributed by atoms with E-state index in [0.717, 1.165) is 11.8 Å². The number of hydrogen-bond donors (Lipinski definition) is 1. The Labute approximate surface area is 92.7 Å². The SMILES string of the molecule is Fc1cccc(CNc2cc[c]cc2)c1F. The van der Waals surface area contributed by atoms with Crippen LogP contribution in [0.1, 0.15) is 5.56 Å². The lowest BCUT2D eigenvalue weighted by Gasteiger charge is -2.07. The second kappa shape index (κ2) is 4.75. The van der Waals surface area contributed by atoms with Gasteiger partial charge in [0.25, 0.3) is 0 Å². The molecule has 0 amide bonds. The van der Waals surface area contributed by atoms with Crippen molar-refractivity contribution in [2.24, 2.45) is 0 Å². The lowest BCUT2D eigenvalue weighted by atomic mass is 10.2. The molecule has 81 valence electrons. The maximum absolute atomic E-state index is 13.3. The highest BCUT2D eigenvalue weighted by Gasteiger charge is 2.06. The summed E-state index contributed by atoms with van der Waals surface area (Å²) in [5.41, 5.74) is 1.16. The van der Waals surface area contributed by atoms with Gasteiger partial charge in [0.1, 0.15) is 0 Å². The van der Waals surface area contributed by atoms with Gasteiger partial charge in [-0.05, 0) is 24.3 Å². The lowest BCUT2D eigenvalue weighted by Crippen LogP contribution is -2.02. The van der Waals surface area contributed by atoms with E-state index < -0.39 is 11.6 Å². The van der Waals surface area contributed by atoms with E-state index in [1.54, 1.807) is 18.2 Å². The first-order chi connectivity index (χ1) is 7.77. The highest BCUT2D eigenvalue weighted by atomic mass is 19.2. The molecule has 0 atom stereocenters. The van der Waals surface area contributed by atoms with Crippen molar-refractivity contribution in [2.75, 3.05) is 5.32 Å². The number of nitrogens with one attached hydrogen (secondary N) is 1. The smallest absolute Gasteiger partial charge is 0.163 e. The Morgan fingerprint density at radius 1 is 1.06 bits per heavy atom. The summed E-state index contributed by atoms with van der Waals surface area (Å²) in [6, 6.07) is 14.2. The third kappa shape index (κ3) is 2.37. The van der Waals surface area contributed by atoms with Crippen LogP contribution in [-0.2, 0) is 6.54 Å². The van der Waals surface area contributed by atoms with Crippen LogP contribution in [0.25, 0.3) is 0 Å². The third-order valence-electron chi connectivity index (χ3n) is 2.23. The predicted molar refractivity (Wildman–Crippen MR) is 59.0 cm³/mol. The quantitative estimate of drug-likeness (QED) is 0.832. The third-order valence-corrected chi connectivity index (χ3v) is 2.23. The van der Waals surface area contributed by atoms with Crippen LogP contribution >= 0.6 is 0 Å². The van der Waals surface area contributed by atoms with E-state index in [2.05, 4.69) is 11.4 Å². The number of hydrogen-bond acceptors (Lipinski definition) is 1. The van der Waals surface area contributed by atoms with Crippen molar-refractivity contribution in [3.63, 3.8) is 0 Å². The minimum Gasteiger partial charge on any atom is -0.381 e. The van der Waals surface area contributed by atoms with Crippen LogP contribution in [0.15, 0.2) is 42.5 Å². The summed E-state index contributed by atoms with van der Waals surface area (Å²) in [6.07, 6.45) is 0. The summed E-state index contributed by atoms with van der Waals surface area (Å²) in [4.78, 5) is 0. The van der Waals surface area contributed by atoms with Gasteiger partial charge in [0.2, 0.25) is 0 Å². The van der Waals surface area contributed by atoms with Gasteiger partial charge in [-0.2, -0.15) is 0 Å². The maximum atomic E-state index is 13.3. The Kier molecular flexibility index (Phi) is 3.15. The molecule has 0 saturated carbocycles. The Hall–Kier alpha value is -1.90. The molecule has 0 unspecified atom stereocenters. The zero-order valence-corrected chi connectivity index (χ0v) is 8.50. The minimum absolute atomic E-state index is 0.258. The molecule has 0 bridgehead atoms. The van der Waals surface area contributed by atoms with Crippen LogP contribution < -0.4 is 5.32 Å². The highest BCUT2D eigenvalue weighted by molar-refractivity contribution is 5.42. The second-order valence-electron chi connectivity index (χ2n) is 3.36. The van der Waals surface area contributed by atoms with E-state index >= 15 is 0 Å². The molecule has 2 rings (SSSR count). The van der Waals surface area contributed by atoms with Gasteiger partial charge < -0.3 is 5.32 Å². The molecule has 0 aliphatic heterocycles. The summed E-state index contributed by atoms with van der Waals surface area (Å²) in [5.74, 6) is -1.61. The molecule has 1 N–H and O–H groups in total. The molecule has 2 aromatic carbocycles. The average molecular weight is 218 g/mol. The Morgan fingerprint density at radius 3 is 2.56 bits per heavy atom. The summed E-state index contributed by atoms with van der Waals surface area (Å²) >= 11 is 0. The van der Waals surface area contributed by atoms with Crippen molar-refractivity contribution >= 4 is 5.69 Å². The van der Waals surface area contributed by atoms with Crippen molar-refractivity contribution in [3.8, 4) is 0 Å². The molecular formula is C13H10F2N. The molecule has 0 heterocycles. The summed E-state index contributed by atoms with van der Waals surface area (Å²) < 4.78 is 26.2. The Balaban J connectivity index is 2.08. The molecule has 2 aromatic rings. The van der Waals surface area contributed by atoms with Crippen LogP contribution in [0.4, 0.5) is 14.5 Å². The van der Waals surface area contributed by atoms with E-state index in [4.69, 9.17) is 0 Å². The first-order valence-electron chi connectivity index (χ1n) is 4.90. The summed E-state index contributed by atoms with van der Waals surface area (Å²) in [5, 5.41) is 3.00. The van der Waals surface area contributed by atoms with Gasteiger partial charge in [0.15, 0.2) is 11.6 Å². The normalized spacial score (nSPS) is 10.1. The standard InChI is InChI=1S/C13H10F2N/c14-12-8-4-5-10(13(12)15)9-16-11-6-2-1-3-7-11/h2-8,16H,9H2. The number of halogens is 2. The fraction of sp³-hybridized carbons (Fsp3) is 0.0769. The highest BCUT2D eigenvalue weighted by Crippen LogP contribution is 2.13. The van der Waals surface area contributed by atoms with Crippen LogP contribution in [0.3, 0.4) is 0 Å². The van der Waals surface area contributed by atoms with E-state index in [1.807, 2.05) is 12.1 Å². The minimum atomic E-state index is -0.819. The van der Waals surface area contributed by atoms with Crippen LogP contribution in [0.5, 0.6) is 0 Å².